The third-order valence-electron chi connectivity index (χ3n) is 3.29. The second-order valence-corrected chi connectivity index (χ2v) is 5.90. The van der Waals surface area contributed by atoms with Crippen molar-refractivity contribution >= 4 is 27.8 Å². The van der Waals surface area contributed by atoms with Gasteiger partial charge < -0.3 is 14.7 Å². The summed E-state index contributed by atoms with van der Waals surface area (Å²) in [6, 6.07) is 4.47. The van der Waals surface area contributed by atoms with Gasteiger partial charge in [-0.25, -0.2) is 4.79 Å². The molecule has 0 saturated carbocycles. The predicted molar refractivity (Wildman–Crippen MR) is 77.0 cm³/mol. The van der Waals surface area contributed by atoms with Gasteiger partial charge in [-0.15, -0.1) is 0 Å². The van der Waals surface area contributed by atoms with Crippen LogP contribution in [0, 0.1) is 0 Å². The van der Waals surface area contributed by atoms with Gasteiger partial charge in [-0.1, -0.05) is 15.9 Å². The fourth-order valence-electron chi connectivity index (χ4n) is 2.39. The van der Waals surface area contributed by atoms with Crippen LogP contribution in [0.3, 0.4) is 0 Å². The van der Waals surface area contributed by atoms with Crippen molar-refractivity contribution in [1.82, 2.24) is 4.90 Å². The molecule has 0 spiro atoms. The van der Waals surface area contributed by atoms with Gasteiger partial charge in [0.15, 0.2) is 0 Å². The summed E-state index contributed by atoms with van der Waals surface area (Å²) >= 11 is 3.25. The van der Waals surface area contributed by atoms with Gasteiger partial charge in [-0.3, -0.25) is 4.79 Å². The van der Waals surface area contributed by atoms with E-state index >= 15 is 0 Å². The van der Waals surface area contributed by atoms with Gasteiger partial charge >= 0.3 is 5.97 Å². The molecular weight excluding hydrogens is 326 g/mol. The van der Waals surface area contributed by atoms with Gasteiger partial charge in [0.1, 0.15) is 0 Å². The molecule has 0 bridgehead atoms. The van der Waals surface area contributed by atoms with Crippen molar-refractivity contribution in [2.45, 2.75) is 25.9 Å². The molecule has 1 aromatic carbocycles. The lowest BCUT2D eigenvalue weighted by Crippen LogP contribution is -2.52. The smallest absolute Gasteiger partial charge is 0.335 e. The molecule has 2 atom stereocenters. The monoisotopic (exact) mass is 341 g/mol. The molecule has 108 valence electrons. The van der Waals surface area contributed by atoms with Gasteiger partial charge in [0, 0.05) is 10.0 Å². The van der Waals surface area contributed by atoms with E-state index in [1.165, 1.54) is 12.1 Å². The predicted octanol–water partition coefficient (Wildman–Crippen LogP) is 2.40. The highest BCUT2D eigenvalue weighted by molar-refractivity contribution is 9.10. The first-order valence-corrected chi connectivity index (χ1v) is 7.13. The Bertz CT molecular complexity index is 536. The molecule has 1 aliphatic rings. The largest absolute Gasteiger partial charge is 0.478 e. The van der Waals surface area contributed by atoms with E-state index in [-0.39, 0.29) is 23.6 Å². The van der Waals surface area contributed by atoms with E-state index in [4.69, 9.17) is 9.84 Å². The molecule has 1 saturated heterocycles. The van der Waals surface area contributed by atoms with Gasteiger partial charge in [0.05, 0.1) is 30.9 Å². The average molecular weight is 342 g/mol. The Labute approximate surface area is 125 Å². The topological polar surface area (TPSA) is 66.8 Å². The number of benzene rings is 1. The molecule has 1 aliphatic heterocycles. The number of carboxylic acid groups (broad SMARTS) is 1. The van der Waals surface area contributed by atoms with Crippen molar-refractivity contribution < 1.29 is 19.4 Å². The van der Waals surface area contributed by atoms with Crippen LogP contribution in [0.1, 0.15) is 34.6 Å². The van der Waals surface area contributed by atoms with E-state index in [9.17, 15) is 9.59 Å². The van der Waals surface area contributed by atoms with Crippen LogP contribution < -0.4 is 0 Å². The van der Waals surface area contributed by atoms with Crippen molar-refractivity contribution in [1.29, 1.82) is 0 Å². The van der Waals surface area contributed by atoms with Crippen molar-refractivity contribution in [3.05, 3.63) is 33.8 Å². The molecule has 5 nitrogen and oxygen atoms in total. The average Bonchev–Trinajstić information content (AvgIpc) is 2.37. The zero-order chi connectivity index (χ0) is 14.9. The zero-order valence-corrected chi connectivity index (χ0v) is 12.9. The summed E-state index contributed by atoms with van der Waals surface area (Å²) in [5, 5.41) is 9.06. The number of ether oxygens (including phenoxy) is 1. The summed E-state index contributed by atoms with van der Waals surface area (Å²) in [5.74, 6) is -1.22. The maximum absolute atomic E-state index is 12.6. The lowest BCUT2D eigenvalue weighted by molar-refractivity contribution is -0.0249. The molecule has 6 heteroatoms. The summed E-state index contributed by atoms with van der Waals surface area (Å²) in [6.45, 7) is 4.83. The molecule has 1 fully saturated rings. The van der Waals surface area contributed by atoms with Crippen LogP contribution in [-0.2, 0) is 4.74 Å². The third kappa shape index (κ3) is 3.02. The molecule has 2 unspecified atom stereocenters. The molecule has 0 aliphatic carbocycles. The number of hydrogen-bond acceptors (Lipinski definition) is 3. The lowest BCUT2D eigenvalue weighted by Gasteiger charge is -2.38. The normalized spacial score (nSPS) is 22.6. The van der Waals surface area contributed by atoms with E-state index in [1.807, 2.05) is 13.8 Å². The summed E-state index contributed by atoms with van der Waals surface area (Å²) in [4.78, 5) is 25.4. The summed E-state index contributed by atoms with van der Waals surface area (Å²) < 4.78 is 5.98. The SMILES string of the molecule is CC1COCC(C)N1C(=O)c1cc(Br)cc(C(=O)O)c1. The van der Waals surface area contributed by atoms with Gasteiger partial charge in [0.25, 0.3) is 5.91 Å². The van der Waals surface area contributed by atoms with Crippen molar-refractivity contribution in [2.24, 2.45) is 0 Å². The minimum atomic E-state index is -1.05. The maximum Gasteiger partial charge on any atom is 0.335 e. The molecule has 1 heterocycles. The minimum absolute atomic E-state index is 0.0292. The Morgan fingerprint density at radius 1 is 1.20 bits per heavy atom. The van der Waals surface area contributed by atoms with Crippen LogP contribution in [0.4, 0.5) is 0 Å². The van der Waals surface area contributed by atoms with Crippen LogP contribution in [0.2, 0.25) is 0 Å². The second kappa shape index (κ2) is 5.93. The number of aromatic carboxylic acids is 1. The molecule has 20 heavy (non-hydrogen) atoms. The van der Waals surface area contributed by atoms with Crippen LogP contribution >= 0.6 is 15.9 Å². The minimum Gasteiger partial charge on any atom is -0.478 e. The molecule has 0 aromatic heterocycles. The molecule has 1 amide bonds. The van der Waals surface area contributed by atoms with Gasteiger partial charge in [-0.05, 0) is 32.0 Å². The highest BCUT2D eigenvalue weighted by Crippen LogP contribution is 2.21. The molecule has 1 aromatic rings. The number of amides is 1. The number of rotatable bonds is 2. The number of halogens is 1. The number of carbonyl (C=O) groups is 2. The highest BCUT2D eigenvalue weighted by Gasteiger charge is 2.30. The van der Waals surface area contributed by atoms with Crippen LogP contribution in [0.15, 0.2) is 22.7 Å². The lowest BCUT2D eigenvalue weighted by atomic mass is 10.1. The van der Waals surface area contributed by atoms with Gasteiger partial charge in [0.2, 0.25) is 0 Å². The maximum atomic E-state index is 12.6. The third-order valence-corrected chi connectivity index (χ3v) is 3.75. The quantitative estimate of drug-likeness (QED) is 0.896. The van der Waals surface area contributed by atoms with E-state index < -0.39 is 5.97 Å². The van der Waals surface area contributed by atoms with Crippen molar-refractivity contribution in [2.75, 3.05) is 13.2 Å². The van der Waals surface area contributed by atoms with E-state index in [0.29, 0.717) is 23.2 Å². The fourth-order valence-corrected chi connectivity index (χ4v) is 2.88. The first-order chi connectivity index (χ1) is 9.40. The molecule has 1 N–H and O–H groups in total. The summed E-state index contributed by atoms with van der Waals surface area (Å²) in [6.07, 6.45) is 0. The van der Waals surface area contributed by atoms with Crippen LogP contribution in [0.5, 0.6) is 0 Å². The Hall–Kier alpha value is -1.40. The highest BCUT2D eigenvalue weighted by atomic mass is 79.9. The Morgan fingerprint density at radius 3 is 2.30 bits per heavy atom. The van der Waals surface area contributed by atoms with Crippen molar-refractivity contribution in [3.63, 3.8) is 0 Å². The van der Waals surface area contributed by atoms with Crippen molar-refractivity contribution in [3.8, 4) is 0 Å². The molecule has 0 radical (unpaired) electrons. The van der Waals surface area contributed by atoms with Gasteiger partial charge in [-0.2, -0.15) is 0 Å². The first kappa shape index (κ1) is 15.0. The Balaban J connectivity index is 2.35. The Morgan fingerprint density at radius 2 is 1.75 bits per heavy atom. The van der Waals surface area contributed by atoms with Crippen LogP contribution in [-0.4, -0.2) is 47.2 Å². The van der Waals surface area contributed by atoms with E-state index in [1.54, 1.807) is 11.0 Å². The fraction of sp³-hybridized carbons (Fsp3) is 0.429. The number of carbonyl (C=O) groups excluding carboxylic acids is 1. The number of hydrogen-bond donors (Lipinski definition) is 1. The van der Waals surface area contributed by atoms with E-state index in [0.717, 1.165) is 0 Å². The number of morpholine rings is 1. The number of nitrogens with zero attached hydrogens (tertiary/aromatic N) is 1. The van der Waals surface area contributed by atoms with E-state index in [2.05, 4.69) is 15.9 Å². The molecular formula is C14H16BrNO4. The Kier molecular flexibility index (Phi) is 4.45. The summed E-state index contributed by atoms with van der Waals surface area (Å²) in [7, 11) is 0. The molecule has 2 rings (SSSR count). The first-order valence-electron chi connectivity index (χ1n) is 6.34. The van der Waals surface area contributed by atoms with Crippen LogP contribution in [0.25, 0.3) is 0 Å². The zero-order valence-electron chi connectivity index (χ0n) is 11.3. The second-order valence-electron chi connectivity index (χ2n) is 4.98. The summed E-state index contributed by atoms with van der Waals surface area (Å²) in [5.41, 5.74) is 0.466. The standard InChI is InChI=1S/C14H16BrNO4/c1-8-6-20-7-9(2)16(8)13(17)10-3-11(14(18)19)5-12(15)4-10/h3-5,8-9H,6-7H2,1-2H3,(H,18,19). The number of carboxylic acids is 1.